The first-order valence-corrected chi connectivity index (χ1v) is 11.9. The molecule has 0 unspecified atom stereocenters. The molecule has 7 heteroatoms. The van der Waals surface area contributed by atoms with Crippen molar-refractivity contribution < 1.29 is 19.4 Å². The molecule has 3 aromatic rings. The lowest BCUT2D eigenvalue weighted by Crippen LogP contribution is -2.46. The second-order valence-electron chi connectivity index (χ2n) is 9.52. The molecule has 1 amide bonds. The van der Waals surface area contributed by atoms with Gasteiger partial charge in [0, 0.05) is 44.1 Å². The number of fused-ring (bicyclic) bond motifs is 2. The van der Waals surface area contributed by atoms with Crippen LogP contribution in [-0.2, 0) is 16.8 Å². The van der Waals surface area contributed by atoms with Gasteiger partial charge in [-0.1, -0.05) is 18.2 Å². The van der Waals surface area contributed by atoms with E-state index < -0.39 is 5.41 Å². The Kier molecular flexibility index (Phi) is 6.03. The summed E-state index contributed by atoms with van der Waals surface area (Å²) in [6, 6.07) is 19.0. The molecule has 0 aromatic heterocycles. The summed E-state index contributed by atoms with van der Waals surface area (Å²) in [5.74, 6) is 2.20. The maximum Gasteiger partial charge on any atom is 0.235 e. The number of phenolic OH excluding ortho intramolecular Hbond substituents is 1. The van der Waals surface area contributed by atoms with Crippen molar-refractivity contribution >= 4 is 17.3 Å². The summed E-state index contributed by atoms with van der Waals surface area (Å²) >= 11 is 0. The number of aromatic hydroxyl groups is 1. The molecule has 7 nitrogen and oxygen atoms in total. The highest BCUT2D eigenvalue weighted by molar-refractivity contribution is 6.06. The van der Waals surface area contributed by atoms with Gasteiger partial charge in [0.15, 0.2) is 11.5 Å². The minimum absolute atomic E-state index is 0.0401. The van der Waals surface area contributed by atoms with Crippen LogP contribution in [-0.4, -0.2) is 50.2 Å². The molecule has 182 valence electrons. The minimum Gasteiger partial charge on any atom is -0.508 e. The van der Waals surface area contributed by atoms with Crippen LogP contribution in [0.3, 0.4) is 0 Å². The molecule has 0 aliphatic carbocycles. The number of methoxy groups -OCH3 is 1. The van der Waals surface area contributed by atoms with Crippen molar-refractivity contribution in [2.75, 3.05) is 44.5 Å². The number of likely N-dealkylation sites (tertiary alicyclic amines) is 1. The summed E-state index contributed by atoms with van der Waals surface area (Å²) in [5.41, 5.74) is 3.30. The quantitative estimate of drug-likeness (QED) is 0.539. The van der Waals surface area contributed by atoms with E-state index >= 15 is 0 Å². The fourth-order valence-electron chi connectivity index (χ4n) is 5.12. The molecule has 2 N–H and O–H groups in total. The smallest absolute Gasteiger partial charge is 0.235 e. The molecule has 0 saturated carbocycles. The number of nitrogens with one attached hydrogen (secondary N) is 1. The van der Waals surface area contributed by atoms with Gasteiger partial charge in [0.05, 0.1) is 12.5 Å². The SMILES string of the molecule is COc1cc2c(cc1Oc1cccc(N(C)C)c1)NC(=O)C21CCN(Cc2cccc(O)c2)CC1. The molecule has 5 rings (SSSR count). The van der Waals surface area contributed by atoms with Gasteiger partial charge in [-0.05, 0) is 67.4 Å². The number of phenols is 1. The average molecular weight is 474 g/mol. The number of hydrogen-bond donors (Lipinski definition) is 2. The van der Waals surface area contributed by atoms with Gasteiger partial charge in [-0.15, -0.1) is 0 Å². The van der Waals surface area contributed by atoms with Crippen LogP contribution in [0.1, 0.15) is 24.0 Å². The van der Waals surface area contributed by atoms with E-state index in [4.69, 9.17) is 9.47 Å². The zero-order valence-electron chi connectivity index (χ0n) is 20.4. The summed E-state index contributed by atoms with van der Waals surface area (Å²) < 4.78 is 11.9. The van der Waals surface area contributed by atoms with E-state index in [1.165, 1.54) is 0 Å². The molecule has 1 spiro atoms. The third-order valence-corrected chi connectivity index (χ3v) is 7.09. The van der Waals surface area contributed by atoms with E-state index in [-0.39, 0.29) is 11.7 Å². The molecule has 2 heterocycles. The van der Waals surface area contributed by atoms with Gasteiger partial charge < -0.3 is 24.8 Å². The van der Waals surface area contributed by atoms with Crippen LogP contribution < -0.4 is 19.7 Å². The number of anilines is 2. The van der Waals surface area contributed by atoms with E-state index in [9.17, 15) is 9.90 Å². The monoisotopic (exact) mass is 473 g/mol. The molecule has 3 aromatic carbocycles. The van der Waals surface area contributed by atoms with Gasteiger partial charge in [0.1, 0.15) is 11.5 Å². The van der Waals surface area contributed by atoms with Crippen LogP contribution in [0.25, 0.3) is 0 Å². The number of ether oxygens (including phenoxy) is 2. The van der Waals surface area contributed by atoms with Crippen molar-refractivity contribution in [1.29, 1.82) is 0 Å². The Balaban J connectivity index is 1.37. The van der Waals surface area contributed by atoms with Gasteiger partial charge in [-0.2, -0.15) is 0 Å². The van der Waals surface area contributed by atoms with E-state index in [1.807, 2.05) is 67.5 Å². The molecule has 1 saturated heterocycles. The molecular weight excluding hydrogens is 442 g/mol. The predicted octanol–water partition coefficient (Wildman–Crippen LogP) is 4.75. The summed E-state index contributed by atoms with van der Waals surface area (Å²) in [6.07, 6.45) is 1.44. The Bertz CT molecular complexity index is 1250. The third-order valence-electron chi connectivity index (χ3n) is 7.09. The molecule has 35 heavy (non-hydrogen) atoms. The molecule has 2 aliphatic heterocycles. The molecule has 0 radical (unpaired) electrons. The lowest BCUT2D eigenvalue weighted by molar-refractivity contribution is -0.122. The second kappa shape index (κ2) is 9.15. The summed E-state index contributed by atoms with van der Waals surface area (Å²) in [6.45, 7) is 2.34. The topological polar surface area (TPSA) is 74.3 Å². The molecule has 2 aliphatic rings. The van der Waals surface area contributed by atoms with Gasteiger partial charge in [0.25, 0.3) is 0 Å². The zero-order chi connectivity index (χ0) is 24.6. The maximum atomic E-state index is 13.3. The number of carbonyl (C=O) groups excluding carboxylic acids is 1. The Morgan fingerprint density at radius 1 is 1.03 bits per heavy atom. The first-order chi connectivity index (χ1) is 16.9. The Morgan fingerprint density at radius 3 is 2.51 bits per heavy atom. The van der Waals surface area contributed by atoms with Crippen molar-refractivity contribution in [3.63, 3.8) is 0 Å². The summed E-state index contributed by atoms with van der Waals surface area (Å²) in [4.78, 5) is 17.6. The van der Waals surface area contributed by atoms with E-state index in [2.05, 4.69) is 10.2 Å². The van der Waals surface area contributed by atoms with E-state index in [1.54, 1.807) is 19.2 Å². The first-order valence-electron chi connectivity index (χ1n) is 11.9. The van der Waals surface area contributed by atoms with Crippen molar-refractivity contribution in [3.8, 4) is 23.0 Å². The number of benzene rings is 3. The van der Waals surface area contributed by atoms with Gasteiger partial charge in [-0.3, -0.25) is 9.69 Å². The molecule has 1 fully saturated rings. The number of piperidine rings is 1. The second-order valence-corrected chi connectivity index (χ2v) is 9.52. The van der Waals surface area contributed by atoms with E-state index in [0.717, 1.165) is 55.0 Å². The van der Waals surface area contributed by atoms with Crippen molar-refractivity contribution in [1.82, 2.24) is 4.90 Å². The standard InChI is InChI=1S/C28H31N3O4/c1-30(2)20-7-5-9-22(15-20)35-26-17-24-23(16-25(26)34-3)28(27(33)29-24)10-12-31(13-11-28)18-19-6-4-8-21(32)14-19/h4-9,14-17,32H,10-13,18H2,1-3H3,(H,29,33). The van der Waals surface area contributed by atoms with Gasteiger partial charge in [-0.25, -0.2) is 0 Å². The normalized spacial score (nSPS) is 16.6. The minimum atomic E-state index is -0.568. The fourth-order valence-corrected chi connectivity index (χ4v) is 5.12. The third kappa shape index (κ3) is 4.39. The number of hydrogen-bond acceptors (Lipinski definition) is 6. The summed E-state index contributed by atoms with van der Waals surface area (Å²) in [7, 11) is 5.60. The highest BCUT2D eigenvalue weighted by Crippen LogP contribution is 2.49. The Hall–Kier alpha value is -3.71. The number of amides is 1. The van der Waals surface area contributed by atoms with Crippen LogP contribution >= 0.6 is 0 Å². The van der Waals surface area contributed by atoms with Gasteiger partial charge >= 0.3 is 0 Å². The number of carbonyl (C=O) groups is 1. The average Bonchev–Trinajstić information content (AvgIpc) is 3.10. The van der Waals surface area contributed by atoms with Crippen LogP contribution in [0.2, 0.25) is 0 Å². The van der Waals surface area contributed by atoms with Crippen LogP contribution in [0.15, 0.2) is 60.7 Å². The lowest BCUT2D eigenvalue weighted by Gasteiger charge is -2.38. The number of rotatable bonds is 6. The largest absolute Gasteiger partial charge is 0.508 e. The highest BCUT2D eigenvalue weighted by atomic mass is 16.5. The maximum absolute atomic E-state index is 13.3. The number of nitrogens with zero attached hydrogens (tertiary/aromatic N) is 2. The summed E-state index contributed by atoms with van der Waals surface area (Å²) in [5, 5.41) is 12.9. The van der Waals surface area contributed by atoms with Crippen LogP contribution in [0, 0.1) is 0 Å². The first kappa shape index (κ1) is 23.1. The highest BCUT2D eigenvalue weighted by Gasteiger charge is 2.49. The lowest BCUT2D eigenvalue weighted by atomic mass is 9.73. The predicted molar refractivity (Wildman–Crippen MR) is 137 cm³/mol. The molecule has 0 bridgehead atoms. The Morgan fingerprint density at radius 2 is 1.80 bits per heavy atom. The van der Waals surface area contributed by atoms with E-state index in [0.29, 0.717) is 17.2 Å². The van der Waals surface area contributed by atoms with Crippen LogP contribution in [0.4, 0.5) is 11.4 Å². The van der Waals surface area contributed by atoms with Crippen molar-refractivity contribution in [3.05, 3.63) is 71.8 Å². The van der Waals surface area contributed by atoms with Crippen molar-refractivity contribution in [2.45, 2.75) is 24.8 Å². The molecular formula is C28H31N3O4. The fraction of sp³-hybridized carbons (Fsp3) is 0.321. The van der Waals surface area contributed by atoms with Gasteiger partial charge in [0.2, 0.25) is 5.91 Å². The molecule has 0 atom stereocenters. The van der Waals surface area contributed by atoms with Crippen molar-refractivity contribution in [2.24, 2.45) is 0 Å². The zero-order valence-corrected chi connectivity index (χ0v) is 20.4. The van der Waals surface area contributed by atoms with Crippen LogP contribution in [0.5, 0.6) is 23.0 Å². The Labute approximate surface area is 205 Å².